The molecule has 0 spiro atoms. The summed E-state index contributed by atoms with van der Waals surface area (Å²) in [5.74, 6) is 2.99. The number of fused-ring (bicyclic) bond motifs is 1. The van der Waals surface area contributed by atoms with Crippen LogP contribution in [-0.2, 0) is 15.3 Å². The van der Waals surface area contributed by atoms with Crippen LogP contribution in [0.15, 0.2) is 29.2 Å². The van der Waals surface area contributed by atoms with Crippen molar-refractivity contribution in [3.8, 4) is 0 Å². The van der Waals surface area contributed by atoms with Gasteiger partial charge in [-0.1, -0.05) is 69.2 Å². The second-order valence-electron chi connectivity index (χ2n) is 8.47. The normalized spacial score (nSPS) is 21.2. The number of methoxy groups -OCH3 is 1. The van der Waals surface area contributed by atoms with Crippen LogP contribution < -0.4 is 0 Å². The number of benzene rings is 1. The van der Waals surface area contributed by atoms with Crippen molar-refractivity contribution in [3.63, 3.8) is 0 Å². The van der Waals surface area contributed by atoms with E-state index in [4.69, 9.17) is 4.74 Å². The number of esters is 1. The Labute approximate surface area is 175 Å². The summed E-state index contributed by atoms with van der Waals surface area (Å²) in [5.41, 5.74) is 2.92. The fraction of sp³-hybridized carbons (Fsp3) is 0.640. The number of carbonyl (C=O) groups excluding carboxylic acids is 1. The molecule has 0 aromatic heterocycles. The largest absolute Gasteiger partial charge is 0.469 e. The van der Waals surface area contributed by atoms with Gasteiger partial charge < -0.3 is 4.74 Å². The number of hydrogen-bond acceptors (Lipinski definition) is 3. The lowest BCUT2D eigenvalue weighted by Gasteiger charge is -2.21. The fourth-order valence-electron chi connectivity index (χ4n) is 4.88. The molecule has 2 aliphatic rings. The van der Waals surface area contributed by atoms with Crippen molar-refractivity contribution in [1.29, 1.82) is 0 Å². The van der Waals surface area contributed by atoms with Gasteiger partial charge in [0.1, 0.15) is 0 Å². The van der Waals surface area contributed by atoms with Crippen LogP contribution in [0.1, 0.15) is 88.2 Å². The minimum Gasteiger partial charge on any atom is -0.469 e. The third kappa shape index (κ3) is 6.69. The number of rotatable bonds is 11. The number of allylic oxidation sites excluding steroid dienone is 1. The Morgan fingerprint density at radius 3 is 2.61 bits per heavy atom. The van der Waals surface area contributed by atoms with E-state index in [1.165, 1.54) is 82.4 Å². The molecule has 1 saturated carbocycles. The van der Waals surface area contributed by atoms with E-state index >= 15 is 0 Å². The van der Waals surface area contributed by atoms with Gasteiger partial charge in [-0.3, -0.25) is 4.79 Å². The summed E-state index contributed by atoms with van der Waals surface area (Å²) in [6.45, 7) is 0. The Kier molecular flexibility index (Phi) is 8.98. The standard InChI is InChI=1S/C25H36O2S/c1-27-25(26)17-5-3-2-4-10-20-13-8-14-21(20)15-9-16-24-18-22-11-6-7-12-23(22)19-28-24/h6-7,11-12,18,20-21H,2-5,8-10,13-17,19H2,1H3/t20-,21+/m0/s1. The molecule has 3 heteroatoms. The van der Waals surface area contributed by atoms with Gasteiger partial charge in [0, 0.05) is 12.2 Å². The molecular weight excluding hydrogens is 364 g/mol. The van der Waals surface area contributed by atoms with E-state index in [0.29, 0.717) is 6.42 Å². The predicted molar refractivity (Wildman–Crippen MR) is 120 cm³/mol. The quantitative estimate of drug-likeness (QED) is 0.286. The summed E-state index contributed by atoms with van der Waals surface area (Å²) < 4.78 is 4.71. The monoisotopic (exact) mass is 400 g/mol. The zero-order valence-electron chi connectivity index (χ0n) is 17.5. The van der Waals surface area contributed by atoms with Gasteiger partial charge in [-0.05, 0) is 59.6 Å². The highest BCUT2D eigenvalue weighted by molar-refractivity contribution is 8.02. The second kappa shape index (κ2) is 11.7. The number of thioether (sulfide) groups is 1. The van der Waals surface area contributed by atoms with Crippen molar-refractivity contribution in [2.24, 2.45) is 11.8 Å². The molecular formula is C25H36O2S. The molecule has 0 unspecified atom stereocenters. The molecule has 0 bridgehead atoms. The Bertz CT molecular complexity index is 652. The summed E-state index contributed by atoms with van der Waals surface area (Å²) in [6, 6.07) is 8.82. The molecule has 3 rings (SSSR count). The van der Waals surface area contributed by atoms with E-state index in [1.54, 1.807) is 4.91 Å². The van der Waals surface area contributed by atoms with Crippen LogP contribution in [0.5, 0.6) is 0 Å². The SMILES string of the molecule is COC(=O)CCCCCC[C@H]1CCC[C@@H]1CCCC1=Cc2ccccc2CS1. The van der Waals surface area contributed by atoms with Gasteiger partial charge >= 0.3 is 5.97 Å². The summed E-state index contributed by atoms with van der Waals surface area (Å²) in [5, 5.41) is 0. The van der Waals surface area contributed by atoms with Crippen molar-refractivity contribution in [3.05, 3.63) is 40.3 Å². The third-order valence-electron chi connectivity index (χ3n) is 6.53. The van der Waals surface area contributed by atoms with Crippen LogP contribution in [0.2, 0.25) is 0 Å². The Morgan fingerprint density at radius 1 is 1.04 bits per heavy atom. The van der Waals surface area contributed by atoms with Crippen molar-refractivity contribution in [1.82, 2.24) is 0 Å². The molecule has 0 amide bonds. The van der Waals surface area contributed by atoms with Gasteiger partial charge in [-0.25, -0.2) is 0 Å². The first-order valence-corrected chi connectivity index (χ1v) is 12.2. The van der Waals surface area contributed by atoms with Crippen LogP contribution in [0, 0.1) is 11.8 Å². The van der Waals surface area contributed by atoms with E-state index in [-0.39, 0.29) is 5.97 Å². The van der Waals surface area contributed by atoms with Crippen molar-refractivity contribution >= 4 is 23.8 Å². The van der Waals surface area contributed by atoms with Crippen LogP contribution in [0.25, 0.3) is 6.08 Å². The number of ether oxygens (including phenoxy) is 1. The summed E-state index contributed by atoms with van der Waals surface area (Å²) in [4.78, 5) is 12.7. The minimum absolute atomic E-state index is 0.0643. The minimum atomic E-state index is -0.0643. The highest BCUT2D eigenvalue weighted by atomic mass is 32.2. The molecule has 1 aliphatic heterocycles. The molecule has 1 aromatic carbocycles. The second-order valence-corrected chi connectivity index (χ2v) is 9.57. The summed E-state index contributed by atoms with van der Waals surface area (Å²) >= 11 is 2.04. The van der Waals surface area contributed by atoms with Gasteiger partial charge in [0.15, 0.2) is 0 Å². The number of hydrogen-bond donors (Lipinski definition) is 0. The molecule has 28 heavy (non-hydrogen) atoms. The first kappa shape index (κ1) is 21.5. The average Bonchev–Trinajstić information content (AvgIpc) is 3.17. The first-order chi connectivity index (χ1) is 13.8. The summed E-state index contributed by atoms with van der Waals surface area (Å²) in [7, 11) is 1.48. The van der Waals surface area contributed by atoms with E-state index in [9.17, 15) is 4.79 Å². The van der Waals surface area contributed by atoms with Crippen LogP contribution in [0.3, 0.4) is 0 Å². The van der Waals surface area contributed by atoms with Gasteiger partial charge in [0.2, 0.25) is 0 Å². The van der Waals surface area contributed by atoms with Crippen molar-refractivity contribution in [2.45, 2.75) is 82.8 Å². The lowest BCUT2D eigenvalue weighted by molar-refractivity contribution is -0.140. The molecule has 2 atom stereocenters. The number of carbonyl (C=O) groups is 1. The van der Waals surface area contributed by atoms with Crippen molar-refractivity contribution in [2.75, 3.05) is 7.11 Å². The van der Waals surface area contributed by atoms with Gasteiger partial charge in [0.25, 0.3) is 0 Å². The smallest absolute Gasteiger partial charge is 0.305 e. The highest BCUT2D eigenvalue weighted by Crippen LogP contribution is 2.40. The molecule has 1 fully saturated rings. The first-order valence-electron chi connectivity index (χ1n) is 11.2. The molecule has 0 saturated heterocycles. The average molecular weight is 401 g/mol. The van der Waals surface area contributed by atoms with Crippen LogP contribution in [0.4, 0.5) is 0 Å². The van der Waals surface area contributed by atoms with Crippen LogP contribution >= 0.6 is 11.8 Å². The van der Waals surface area contributed by atoms with Gasteiger partial charge in [0.05, 0.1) is 7.11 Å². The van der Waals surface area contributed by atoms with Gasteiger partial charge in [-0.2, -0.15) is 0 Å². The van der Waals surface area contributed by atoms with Crippen LogP contribution in [-0.4, -0.2) is 13.1 Å². The predicted octanol–water partition coefficient (Wildman–Crippen LogP) is 7.37. The highest BCUT2D eigenvalue weighted by Gasteiger charge is 2.26. The Balaban J connectivity index is 1.31. The zero-order chi connectivity index (χ0) is 19.6. The molecule has 0 radical (unpaired) electrons. The number of unbranched alkanes of at least 4 members (excludes halogenated alkanes) is 3. The molecule has 2 nitrogen and oxygen atoms in total. The maximum absolute atomic E-state index is 11.1. The maximum Gasteiger partial charge on any atom is 0.305 e. The topological polar surface area (TPSA) is 26.3 Å². The van der Waals surface area contributed by atoms with E-state index < -0.39 is 0 Å². The molecule has 154 valence electrons. The third-order valence-corrected chi connectivity index (χ3v) is 7.68. The fourth-order valence-corrected chi connectivity index (χ4v) is 5.98. The molecule has 1 aliphatic carbocycles. The molecule has 1 heterocycles. The molecule has 1 aromatic rings. The Morgan fingerprint density at radius 2 is 1.79 bits per heavy atom. The van der Waals surface area contributed by atoms with E-state index in [2.05, 4.69) is 30.3 Å². The van der Waals surface area contributed by atoms with Crippen molar-refractivity contribution < 1.29 is 9.53 Å². The maximum atomic E-state index is 11.1. The van der Waals surface area contributed by atoms with Gasteiger partial charge in [-0.15, -0.1) is 11.8 Å². The zero-order valence-corrected chi connectivity index (χ0v) is 18.3. The molecule has 0 N–H and O–H groups in total. The summed E-state index contributed by atoms with van der Waals surface area (Å²) in [6.07, 6.45) is 17.5. The lowest BCUT2D eigenvalue weighted by Crippen LogP contribution is -2.08. The van der Waals surface area contributed by atoms with E-state index in [1.807, 2.05) is 11.8 Å². The Hall–Kier alpha value is -1.22. The lowest BCUT2D eigenvalue weighted by atomic mass is 9.87. The van der Waals surface area contributed by atoms with E-state index in [0.717, 1.165) is 24.0 Å².